The summed E-state index contributed by atoms with van der Waals surface area (Å²) in [7, 11) is 1.54. The van der Waals surface area contributed by atoms with E-state index in [-0.39, 0.29) is 11.8 Å². The highest BCUT2D eigenvalue weighted by Crippen LogP contribution is 2.36. The first-order chi connectivity index (χ1) is 13.5. The van der Waals surface area contributed by atoms with Gasteiger partial charge in [0.05, 0.1) is 17.1 Å². The Morgan fingerprint density at radius 3 is 2.29 bits per heavy atom. The van der Waals surface area contributed by atoms with Crippen molar-refractivity contribution in [2.24, 2.45) is 0 Å². The van der Waals surface area contributed by atoms with Crippen molar-refractivity contribution in [1.29, 1.82) is 0 Å². The van der Waals surface area contributed by atoms with Crippen LogP contribution in [0, 0.1) is 0 Å². The van der Waals surface area contributed by atoms with Crippen LogP contribution in [-0.4, -0.2) is 18.9 Å². The molecule has 0 radical (unpaired) electrons. The SMILES string of the molecule is CCCC(=O)Nc1ccc(NC(=O)c2cc3ccccc3c(Br)c2OC)cc1. The van der Waals surface area contributed by atoms with E-state index in [1.54, 1.807) is 31.4 Å². The van der Waals surface area contributed by atoms with Crippen molar-refractivity contribution in [3.63, 3.8) is 0 Å². The number of rotatable bonds is 6. The molecular formula is C22H21BrN2O3. The molecule has 2 N–H and O–H groups in total. The number of halogens is 1. The minimum atomic E-state index is -0.272. The van der Waals surface area contributed by atoms with E-state index in [1.807, 2.05) is 37.3 Å². The zero-order chi connectivity index (χ0) is 20.1. The van der Waals surface area contributed by atoms with Gasteiger partial charge in [-0.15, -0.1) is 0 Å². The summed E-state index contributed by atoms with van der Waals surface area (Å²) in [4.78, 5) is 24.5. The maximum atomic E-state index is 12.9. The smallest absolute Gasteiger partial charge is 0.259 e. The minimum Gasteiger partial charge on any atom is -0.495 e. The Labute approximate surface area is 172 Å². The van der Waals surface area contributed by atoms with Gasteiger partial charge in [0.2, 0.25) is 5.91 Å². The van der Waals surface area contributed by atoms with E-state index in [0.29, 0.717) is 29.1 Å². The van der Waals surface area contributed by atoms with E-state index in [1.165, 1.54) is 0 Å². The lowest BCUT2D eigenvalue weighted by atomic mass is 10.1. The number of methoxy groups -OCH3 is 1. The van der Waals surface area contributed by atoms with Gasteiger partial charge in [-0.1, -0.05) is 31.2 Å². The second kappa shape index (κ2) is 8.89. The molecule has 3 aromatic rings. The lowest BCUT2D eigenvalue weighted by molar-refractivity contribution is -0.116. The quantitative estimate of drug-likeness (QED) is 0.523. The fourth-order valence-electron chi connectivity index (χ4n) is 2.94. The molecule has 144 valence electrons. The van der Waals surface area contributed by atoms with Crippen LogP contribution < -0.4 is 15.4 Å². The lowest BCUT2D eigenvalue weighted by Gasteiger charge is -2.14. The Morgan fingerprint density at radius 1 is 1.00 bits per heavy atom. The average molecular weight is 441 g/mol. The number of benzene rings is 3. The van der Waals surface area contributed by atoms with Gasteiger partial charge in [-0.25, -0.2) is 0 Å². The van der Waals surface area contributed by atoms with Crippen LogP contribution in [0.5, 0.6) is 5.75 Å². The Bertz CT molecular complexity index is 1020. The van der Waals surface area contributed by atoms with Crippen LogP contribution >= 0.6 is 15.9 Å². The van der Waals surface area contributed by atoms with Gasteiger partial charge in [-0.2, -0.15) is 0 Å². The van der Waals surface area contributed by atoms with E-state index < -0.39 is 0 Å². The maximum absolute atomic E-state index is 12.9. The largest absolute Gasteiger partial charge is 0.495 e. The van der Waals surface area contributed by atoms with Crippen molar-refractivity contribution >= 4 is 49.9 Å². The van der Waals surface area contributed by atoms with Gasteiger partial charge >= 0.3 is 0 Å². The third-order valence-corrected chi connectivity index (χ3v) is 5.08. The van der Waals surface area contributed by atoms with E-state index in [9.17, 15) is 9.59 Å². The van der Waals surface area contributed by atoms with Crippen LogP contribution in [0.4, 0.5) is 11.4 Å². The molecule has 0 heterocycles. The van der Waals surface area contributed by atoms with Crippen molar-refractivity contribution in [1.82, 2.24) is 0 Å². The number of ether oxygens (including phenoxy) is 1. The molecule has 3 aromatic carbocycles. The van der Waals surface area contributed by atoms with Crippen LogP contribution in [0.3, 0.4) is 0 Å². The van der Waals surface area contributed by atoms with Crippen molar-refractivity contribution < 1.29 is 14.3 Å². The standard InChI is InChI=1S/C22H21BrN2O3/c1-3-6-19(26)24-15-9-11-16(12-10-15)25-22(27)18-13-14-7-4-5-8-17(14)20(23)21(18)28-2/h4-5,7-13H,3,6H2,1-2H3,(H,24,26)(H,25,27). The number of hydrogen-bond donors (Lipinski definition) is 2. The summed E-state index contributed by atoms with van der Waals surface area (Å²) in [6, 6.07) is 16.6. The predicted molar refractivity (Wildman–Crippen MR) is 116 cm³/mol. The second-order valence-electron chi connectivity index (χ2n) is 6.32. The van der Waals surface area contributed by atoms with Gasteiger partial charge in [-0.3, -0.25) is 9.59 Å². The summed E-state index contributed by atoms with van der Waals surface area (Å²) >= 11 is 3.55. The molecule has 5 nitrogen and oxygen atoms in total. The highest BCUT2D eigenvalue weighted by molar-refractivity contribution is 9.10. The first-order valence-corrected chi connectivity index (χ1v) is 9.79. The number of hydrogen-bond acceptors (Lipinski definition) is 3. The fraction of sp³-hybridized carbons (Fsp3) is 0.182. The monoisotopic (exact) mass is 440 g/mol. The molecule has 0 aliphatic carbocycles. The van der Waals surface area contributed by atoms with Gasteiger partial charge in [0.25, 0.3) is 5.91 Å². The Balaban J connectivity index is 1.82. The Kier molecular flexibility index (Phi) is 6.31. The molecular weight excluding hydrogens is 420 g/mol. The average Bonchev–Trinajstić information content (AvgIpc) is 2.69. The van der Waals surface area contributed by atoms with Gasteiger partial charge in [0.1, 0.15) is 5.75 Å². The summed E-state index contributed by atoms with van der Waals surface area (Å²) in [6.07, 6.45) is 1.28. The summed E-state index contributed by atoms with van der Waals surface area (Å²) in [5.41, 5.74) is 1.76. The van der Waals surface area contributed by atoms with Crippen molar-refractivity contribution in [3.05, 3.63) is 64.6 Å². The minimum absolute atomic E-state index is 0.0231. The predicted octanol–water partition coefficient (Wildman–Crippen LogP) is 5.60. The first-order valence-electron chi connectivity index (χ1n) is 9.00. The Morgan fingerprint density at radius 2 is 1.64 bits per heavy atom. The normalized spacial score (nSPS) is 10.5. The van der Waals surface area contributed by atoms with Gasteiger partial charge in [0.15, 0.2) is 0 Å². The van der Waals surface area contributed by atoms with E-state index >= 15 is 0 Å². The third-order valence-electron chi connectivity index (χ3n) is 4.29. The topological polar surface area (TPSA) is 67.4 Å². The molecule has 0 aromatic heterocycles. The Hall–Kier alpha value is -2.86. The zero-order valence-corrected chi connectivity index (χ0v) is 17.3. The van der Waals surface area contributed by atoms with Crippen LogP contribution in [-0.2, 0) is 4.79 Å². The van der Waals surface area contributed by atoms with E-state index in [0.717, 1.165) is 21.7 Å². The molecule has 6 heteroatoms. The van der Waals surface area contributed by atoms with Gasteiger partial charge in [-0.05, 0) is 63.5 Å². The molecule has 0 fully saturated rings. The molecule has 0 saturated heterocycles. The van der Waals surface area contributed by atoms with Crippen molar-refractivity contribution in [2.45, 2.75) is 19.8 Å². The van der Waals surface area contributed by atoms with Crippen molar-refractivity contribution in [2.75, 3.05) is 17.7 Å². The molecule has 28 heavy (non-hydrogen) atoms. The summed E-state index contributed by atoms with van der Waals surface area (Å²) in [5, 5.41) is 7.62. The van der Waals surface area contributed by atoms with Crippen LogP contribution in [0.1, 0.15) is 30.1 Å². The highest BCUT2D eigenvalue weighted by Gasteiger charge is 2.18. The molecule has 0 saturated carbocycles. The third kappa shape index (κ3) is 4.34. The van der Waals surface area contributed by atoms with E-state index in [2.05, 4.69) is 26.6 Å². The molecule has 0 unspecified atom stereocenters. The number of nitrogens with one attached hydrogen (secondary N) is 2. The van der Waals surface area contributed by atoms with Gasteiger partial charge < -0.3 is 15.4 Å². The van der Waals surface area contributed by atoms with Crippen molar-refractivity contribution in [3.8, 4) is 5.75 Å². The summed E-state index contributed by atoms with van der Waals surface area (Å²) < 4.78 is 6.22. The summed E-state index contributed by atoms with van der Waals surface area (Å²) in [5.74, 6) is 0.191. The molecule has 0 aliphatic rings. The molecule has 0 aliphatic heterocycles. The molecule has 3 rings (SSSR count). The number of amides is 2. The number of carbonyl (C=O) groups excluding carboxylic acids is 2. The number of anilines is 2. The van der Waals surface area contributed by atoms with Crippen LogP contribution in [0.2, 0.25) is 0 Å². The second-order valence-corrected chi connectivity index (χ2v) is 7.12. The molecule has 0 spiro atoms. The molecule has 0 atom stereocenters. The van der Waals surface area contributed by atoms with E-state index in [4.69, 9.17) is 4.74 Å². The zero-order valence-electron chi connectivity index (χ0n) is 15.7. The number of carbonyl (C=O) groups is 2. The first kappa shape index (κ1) is 19.9. The van der Waals surface area contributed by atoms with Crippen LogP contribution in [0.25, 0.3) is 10.8 Å². The number of fused-ring (bicyclic) bond motifs is 1. The highest BCUT2D eigenvalue weighted by atomic mass is 79.9. The summed E-state index contributed by atoms with van der Waals surface area (Å²) in [6.45, 7) is 1.96. The maximum Gasteiger partial charge on any atom is 0.259 e. The fourth-order valence-corrected chi connectivity index (χ4v) is 3.67. The van der Waals surface area contributed by atoms with Crippen LogP contribution in [0.15, 0.2) is 59.1 Å². The van der Waals surface area contributed by atoms with Gasteiger partial charge in [0, 0.05) is 17.8 Å². The molecule has 2 amide bonds. The molecule has 0 bridgehead atoms. The lowest BCUT2D eigenvalue weighted by Crippen LogP contribution is -2.14.